The van der Waals surface area contributed by atoms with E-state index in [-0.39, 0.29) is 5.56 Å². The van der Waals surface area contributed by atoms with Crippen LogP contribution in [0.5, 0.6) is 0 Å². The molecule has 5 rings (SSSR count). The first-order valence-corrected chi connectivity index (χ1v) is 12.3. The molecule has 2 aliphatic rings. The first-order chi connectivity index (χ1) is 15.7. The Morgan fingerprint density at radius 3 is 2.50 bits per heavy atom. The monoisotopic (exact) mass is 434 g/mol. The molecule has 32 heavy (non-hydrogen) atoms. The van der Waals surface area contributed by atoms with Crippen molar-refractivity contribution < 1.29 is 4.74 Å². The predicted octanol–water partition coefficient (Wildman–Crippen LogP) is 4.65. The number of nitrogens with zero attached hydrogens (tertiary/aromatic N) is 4. The molecule has 0 unspecified atom stereocenters. The smallest absolute Gasteiger partial charge is 0.296 e. The quantitative estimate of drug-likeness (QED) is 0.548. The minimum Gasteiger partial charge on any atom is -0.381 e. The molecular weight excluding hydrogens is 400 g/mol. The van der Waals surface area contributed by atoms with E-state index in [1.165, 1.54) is 49.7 Å². The summed E-state index contributed by atoms with van der Waals surface area (Å²) in [6.45, 7) is 4.42. The Bertz CT molecular complexity index is 1120. The molecule has 0 N–H and O–H groups in total. The number of ether oxygens (including phenoxy) is 1. The molecule has 2 aromatic heterocycles. The van der Waals surface area contributed by atoms with Crippen molar-refractivity contribution in [3.05, 3.63) is 63.5 Å². The molecule has 2 fully saturated rings. The maximum Gasteiger partial charge on any atom is 0.296 e. The van der Waals surface area contributed by atoms with Crippen molar-refractivity contribution in [1.82, 2.24) is 19.2 Å². The molecular formula is C26H34N4O2. The molecule has 3 aromatic rings. The van der Waals surface area contributed by atoms with Gasteiger partial charge < -0.3 is 9.30 Å². The van der Waals surface area contributed by atoms with Gasteiger partial charge in [0.05, 0.1) is 0 Å². The molecule has 170 valence electrons. The van der Waals surface area contributed by atoms with E-state index in [0.29, 0.717) is 17.5 Å². The second-order valence-corrected chi connectivity index (χ2v) is 9.64. The van der Waals surface area contributed by atoms with Crippen LogP contribution in [0, 0.1) is 12.8 Å². The van der Waals surface area contributed by atoms with Crippen LogP contribution < -0.4 is 5.56 Å². The third kappa shape index (κ3) is 4.38. The van der Waals surface area contributed by atoms with Gasteiger partial charge in [0.2, 0.25) is 5.65 Å². The van der Waals surface area contributed by atoms with Gasteiger partial charge in [0, 0.05) is 44.0 Å². The lowest BCUT2D eigenvalue weighted by Crippen LogP contribution is -2.29. The summed E-state index contributed by atoms with van der Waals surface area (Å²) in [4.78, 5) is 13.7. The fourth-order valence-electron chi connectivity index (χ4n) is 5.43. The van der Waals surface area contributed by atoms with Crippen LogP contribution in [-0.4, -0.2) is 32.4 Å². The van der Waals surface area contributed by atoms with Gasteiger partial charge in [-0.3, -0.25) is 9.20 Å². The average molecular weight is 435 g/mol. The SMILES string of the molecule is Cc1ccccc1Cc1cn2c(C3CCOCC3)nnc2c(=O)n1CC1CCCCCC1. The van der Waals surface area contributed by atoms with Crippen molar-refractivity contribution in [2.24, 2.45) is 5.92 Å². The lowest BCUT2D eigenvalue weighted by Gasteiger charge is -2.22. The van der Waals surface area contributed by atoms with Crippen molar-refractivity contribution in [3.63, 3.8) is 0 Å². The first-order valence-electron chi connectivity index (χ1n) is 12.3. The van der Waals surface area contributed by atoms with Gasteiger partial charge in [-0.15, -0.1) is 10.2 Å². The highest BCUT2D eigenvalue weighted by Crippen LogP contribution is 2.27. The highest BCUT2D eigenvalue weighted by atomic mass is 16.5. The zero-order valence-electron chi connectivity index (χ0n) is 19.1. The number of aromatic nitrogens is 4. The number of benzene rings is 1. The van der Waals surface area contributed by atoms with Gasteiger partial charge in [0.1, 0.15) is 5.82 Å². The molecule has 1 saturated carbocycles. The largest absolute Gasteiger partial charge is 0.381 e. The Hall–Kier alpha value is -2.47. The van der Waals surface area contributed by atoms with E-state index in [4.69, 9.17) is 4.74 Å². The molecule has 0 spiro atoms. The van der Waals surface area contributed by atoms with E-state index in [1.54, 1.807) is 0 Å². The fraction of sp³-hybridized carbons (Fsp3) is 0.577. The molecule has 0 bridgehead atoms. The molecule has 0 atom stereocenters. The van der Waals surface area contributed by atoms with E-state index < -0.39 is 0 Å². The van der Waals surface area contributed by atoms with E-state index in [0.717, 1.165) is 50.5 Å². The summed E-state index contributed by atoms with van der Waals surface area (Å²) in [5, 5.41) is 8.86. The molecule has 6 nitrogen and oxygen atoms in total. The zero-order chi connectivity index (χ0) is 21.9. The van der Waals surface area contributed by atoms with Gasteiger partial charge in [-0.1, -0.05) is 49.9 Å². The van der Waals surface area contributed by atoms with Crippen LogP contribution in [0.3, 0.4) is 0 Å². The summed E-state index contributed by atoms with van der Waals surface area (Å²) in [5.74, 6) is 1.77. The van der Waals surface area contributed by atoms with E-state index >= 15 is 0 Å². The Morgan fingerprint density at radius 1 is 1.00 bits per heavy atom. The molecule has 0 amide bonds. The van der Waals surface area contributed by atoms with Crippen LogP contribution in [0.15, 0.2) is 35.3 Å². The highest BCUT2D eigenvalue weighted by molar-refractivity contribution is 5.39. The molecule has 1 aliphatic heterocycles. The number of rotatable bonds is 5. The Morgan fingerprint density at radius 2 is 1.75 bits per heavy atom. The van der Waals surface area contributed by atoms with Crippen molar-refractivity contribution in [2.75, 3.05) is 13.2 Å². The Kier molecular flexibility index (Phi) is 6.39. The van der Waals surface area contributed by atoms with Crippen LogP contribution in [0.1, 0.15) is 79.9 Å². The van der Waals surface area contributed by atoms with Crippen LogP contribution in [0.4, 0.5) is 0 Å². The summed E-state index contributed by atoms with van der Waals surface area (Å²) < 4.78 is 9.54. The Balaban J connectivity index is 1.58. The minimum atomic E-state index is 0.00569. The zero-order valence-corrected chi connectivity index (χ0v) is 19.1. The van der Waals surface area contributed by atoms with E-state index in [1.807, 2.05) is 8.97 Å². The van der Waals surface area contributed by atoms with Crippen LogP contribution in [0.2, 0.25) is 0 Å². The minimum absolute atomic E-state index is 0.00569. The van der Waals surface area contributed by atoms with Gasteiger partial charge in [0.25, 0.3) is 5.56 Å². The van der Waals surface area contributed by atoms with Gasteiger partial charge in [-0.05, 0) is 49.7 Å². The highest BCUT2D eigenvalue weighted by Gasteiger charge is 2.24. The van der Waals surface area contributed by atoms with E-state index in [9.17, 15) is 4.79 Å². The number of hydrogen-bond donors (Lipinski definition) is 0. The summed E-state index contributed by atoms with van der Waals surface area (Å²) in [7, 11) is 0. The second kappa shape index (κ2) is 9.57. The maximum absolute atomic E-state index is 13.7. The third-order valence-electron chi connectivity index (χ3n) is 7.42. The topological polar surface area (TPSA) is 61.4 Å². The number of aryl methyl sites for hydroxylation is 1. The van der Waals surface area contributed by atoms with Gasteiger partial charge in [-0.25, -0.2) is 0 Å². The van der Waals surface area contributed by atoms with Crippen LogP contribution >= 0.6 is 0 Å². The summed E-state index contributed by atoms with van der Waals surface area (Å²) in [6, 6.07) is 8.48. The summed E-state index contributed by atoms with van der Waals surface area (Å²) in [5.41, 5.74) is 4.06. The summed E-state index contributed by atoms with van der Waals surface area (Å²) in [6.07, 6.45) is 12.3. The van der Waals surface area contributed by atoms with Crippen molar-refractivity contribution >= 4 is 5.65 Å². The molecule has 6 heteroatoms. The van der Waals surface area contributed by atoms with Crippen molar-refractivity contribution in [3.8, 4) is 0 Å². The van der Waals surface area contributed by atoms with Crippen LogP contribution in [0.25, 0.3) is 5.65 Å². The lowest BCUT2D eigenvalue weighted by atomic mass is 9.99. The molecule has 1 saturated heterocycles. The summed E-state index contributed by atoms with van der Waals surface area (Å²) >= 11 is 0. The molecule has 1 aromatic carbocycles. The molecule has 0 radical (unpaired) electrons. The van der Waals surface area contributed by atoms with Gasteiger partial charge >= 0.3 is 0 Å². The predicted molar refractivity (Wildman–Crippen MR) is 125 cm³/mol. The van der Waals surface area contributed by atoms with Crippen LogP contribution in [-0.2, 0) is 17.7 Å². The fourth-order valence-corrected chi connectivity index (χ4v) is 5.43. The second-order valence-electron chi connectivity index (χ2n) is 9.64. The average Bonchev–Trinajstić information content (AvgIpc) is 3.06. The van der Waals surface area contributed by atoms with Gasteiger partial charge in [0.15, 0.2) is 0 Å². The van der Waals surface area contributed by atoms with Crippen molar-refractivity contribution in [1.29, 1.82) is 0 Å². The van der Waals surface area contributed by atoms with Crippen molar-refractivity contribution in [2.45, 2.75) is 77.2 Å². The number of hydrogen-bond acceptors (Lipinski definition) is 4. The lowest BCUT2D eigenvalue weighted by molar-refractivity contribution is 0.0834. The maximum atomic E-state index is 13.7. The molecule has 1 aliphatic carbocycles. The molecule has 3 heterocycles. The van der Waals surface area contributed by atoms with Gasteiger partial charge in [-0.2, -0.15) is 0 Å². The standard InChI is InChI=1S/C26H34N4O2/c1-19-8-6-7-11-22(19)16-23-18-30-24(21-12-14-32-15-13-21)27-28-25(30)26(31)29(23)17-20-9-4-2-3-5-10-20/h6-8,11,18,20-21H,2-5,9-10,12-17H2,1H3. The number of fused-ring (bicyclic) bond motifs is 1. The third-order valence-corrected chi connectivity index (χ3v) is 7.42. The van der Waals surface area contributed by atoms with E-state index in [2.05, 4.69) is 47.6 Å². The first kappa shape index (κ1) is 21.4. The Labute approximate surface area is 189 Å². The normalized spacial score (nSPS) is 18.8.